The average molecular weight is 274 g/mol. The van der Waals surface area contributed by atoms with E-state index in [0.717, 1.165) is 56.6 Å². The van der Waals surface area contributed by atoms with Crippen LogP contribution in [0.5, 0.6) is 0 Å². The predicted molar refractivity (Wildman–Crippen MR) is 79.3 cm³/mol. The minimum atomic E-state index is 0.104. The number of nitrogens with zero attached hydrogens (tertiary/aromatic N) is 2. The van der Waals surface area contributed by atoms with Gasteiger partial charge in [0.1, 0.15) is 11.7 Å². The second kappa shape index (κ2) is 5.40. The number of aryl methyl sites for hydroxylation is 2. The van der Waals surface area contributed by atoms with E-state index in [1.807, 2.05) is 0 Å². The first-order chi connectivity index (χ1) is 9.69. The van der Waals surface area contributed by atoms with Crippen LogP contribution in [0.4, 0.5) is 5.82 Å². The fraction of sp³-hybridized carbons (Fsp3) is 0.600. The second-order valence-corrected chi connectivity index (χ2v) is 5.85. The third-order valence-corrected chi connectivity index (χ3v) is 4.44. The number of hydrogen-bond acceptors (Lipinski definition) is 4. The lowest BCUT2D eigenvalue weighted by Gasteiger charge is -2.21. The number of rotatable bonds is 4. The van der Waals surface area contributed by atoms with E-state index in [-0.39, 0.29) is 12.4 Å². The van der Waals surface area contributed by atoms with Crippen molar-refractivity contribution in [2.24, 2.45) is 11.7 Å². The summed E-state index contributed by atoms with van der Waals surface area (Å²) in [7, 11) is 0. The normalized spacial score (nSPS) is 21.2. The largest absolute Gasteiger partial charge is 0.396 e. The van der Waals surface area contributed by atoms with E-state index in [4.69, 9.17) is 21.2 Å². The van der Waals surface area contributed by atoms with Crippen LogP contribution in [-0.4, -0.2) is 35.6 Å². The maximum atomic E-state index is 9.06. The molecule has 1 saturated heterocycles. The number of aliphatic hydroxyl groups is 1. The zero-order valence-corrected chi connectivity index (χ0v) is 11.7. The molecular formula is C15H22N4O. The Hall–Kier alpha value is -1.62. The van der Waals surface area contributed by atoms with E-state index >= 15 is 0 Å². The van der Waals surface area contributed by atoms with Gasteiger partial charge in [0.05, 0.1) is 5.56 Å². The van der Waals surface area contributed by atoms with E-state index < -0.39 is 0 Å². The summed E-state index contributed by atoms with van der Waals surface area (Å²) < 4.78 is 0. The van der Waals surface area contributed by atoms with Crippen molar-refractivity contribution in [3.8, 4) is 0 Å². The number of nitrogens with two attached hydrogens (primary N) is 1. The average Bonchev–Trinajstić information content (AvgIpc) is 3.05. The highest BCUT2D eigenvalue weighted by Gasteiger charge is 2.27. The lowest BCUT2D eigenvalue weighted by Crippen LogP contribution is -2.26. The van der Waals surface area contributed by atoms with E-state index in [9.17, 15) is 0 Å². The topological polar surface area (TPSA) is 86.2 Å². The molecule has 5 nitrogen and oxygen atoms in total. The Morgan fingerprint density at radius 2 is 2.35 bits per heavy atom. The Morgan fingerprint density at radius 3 is 3.10 bits per heavy atom. The molecule has 1 atom stereocenters. The Bertz CT molecular complexity index is 529. The second-order valence-electron chi connectivity index (χ2n) is 5.85. The van der Waals surface area contributed by atoms with Crippen molar-refractivity contribution in [3.63, 3.8) is 0 Å². The molecule has 5 heteroatoms. The summed E-state index contributed by atoms with van der Waals surface area (Å²) in [6.45, 7) is 2.10. The van der Waals surface area contributed by atoms with Crippen molar-refractivity contribution >= 4 is 11.7 Å². The third kappa shape index (κ3) is 2.38. The standard InChI is InChI=1S/C15H22N4O/c16-14(17)12-8-11-2-1-3-13(11)18-15(12)19-6-4-10(9-19)5-7-20/h8,10,20H,1-7,9H2,(H3,16,17). The Balaban J connectivity index is 1.90. The minimum Gasteiger partial charge on any atom is -0.396 e. The Labute approximate surface area is 119 Å². The molecule has 2 heterocycles. The summed E-state index contributed by atoms with van der Waals surface area (Å²) in [5.41, 5.74) is 8.95. The SMILES string of the molecule is N=C(N)c1cc2c(nc1N1CCC(CCO)C1)CCC2. The molecule has 0 amide bonds. The van der Waals surface area contributed by atoms with Crippen molar-refractivity contribution in [3.05, 3.63) is 22.9 Å². The van der Waals surface area contributed by atoms with Crippen molar-refractivity contribution in [1.29, 1.82) is 5.41 Å². The van der Waals surface area contributed by atoms with Crippen molar-refractivity contribution < 1.29 is 5.11 Å². The zero-order valence-electron chi connectivity index (χ0n) is 11.7. The molecule has 4 N–H and O–H groups in total. The fourth-order valence-electron chi connectivity index (χ4n) is 3.34. The highest BCUT2D eigenvalue weighted by Crippen LogP contribution is 2.31. The van der Waals surface area contributed by atoms with E-state index in [1.54, 1.807) is 0 Å². The molecule has 0 radical (unpaired) electrons. The zero-order chi connectivity index (χ0) is 14.1. The maximum Gasteiger partial charge on any atom is 0.139 e. The van der Waals surface area contributed by atoms with Gasteiger partial charge in [0.15, 0.2) is 0 Å². The van der Waals surface area contributed by atoms with Gasteiger partial charge >= 0.3 is 0 Å². The highest BCUT2D eigenvalue weighted by molar-refractivity contribution is 6.00. The summed E-state index contributed by atoms with van der Waals surface area (Å²) in [6, 6.07) is 2.06. The summed E-state index contributed by atoms with van der Waals surface area (Å²) in [4.78, 5) is 7.03. The molecular weight excluding hydrogens is 252 g/mol. The molecule has 1 aromatic heterocycles. The molecule has 0 saturated carbocycles. The van der Waals surface area contributed by atoms with Gasteiger partial charge in [-0.25, -0.2) is 4.98 Å². The highest BCUT2D eigenvalue weighted by atomic mass is 16.3. The molecule has 1 aliphatic carbocycles. The van der Waals surface area contributed by atoms with Crippen LogP contribution in [0, 0.1) is 11.3 Å². The molecule has 1 fully saturated rings. The van der Waals surface area contributed by atoms with Gasteiger partial charge in [0.25, 0.3) is 0 Å². The Kier molecular flexibility index (Phi) is 3.61. The number of nitrogen functional groups attached to an aromatic ring is 1. The molecule has 0 bridgehead atoms. The molecule has 0 spiro atoms. The summed E-state index contributed by atoms with van der Waals surface area (Å²) in [6.07, 6.45) is 5.16. The van der Waals surface area contributed by atoms with Crippen LogP contribution >= 0.6 is 0 Å². The smallest absolute Gasteiger partial charge is 0.139 e. The number of fused-ring (bicyclic) bond motifs is 1. The van der Waals surface area contributed by atoms with Crippen LogP contribution in [0.1, 0.15) is 36.1 Å². The summed E-state index contributed by atoms with van der Waals surface area (Å²) >= 11 is 0. The number of aromatic nitrogens is 1. The van der Waals surface area contributed by atoms with Crippen molar-refractivity contribution in [1.82, 2.24) is 4.98 Å². The van der Waals surface area contributed by atoms with Gasteiger partial charge in [-0.1, -0.05) is 0 Å². The van der Waals surface area contributed by atoms with Gasteiger partial charge < -0.3 is 15.7 Å². The molecule has 1 unspecified atom stereocenters. The van der Waals surface area contributed by atoms with Crippen molar-refractivity contribution in [2.75, 3.05) is 24.6 Å². The molecule has 0 aromatic carbocycles. The van der Waals surface area contributed by atoms with Gasteiger partial charge in [-0.05, 0) is 49.7 Å². The number of hydrogen-bond donors (Lipinski definition) is 3. The third-order valence-electron chi connectivity index (χ3n) is 4.44. The lowest BCUT2D eigenvalue weighted by atomic mass is 10.1. The molecule has 1 aliphatic heterocycles. The molecule has 108 valence electrons. The molecule has 3 rings (SSSR count). The van der Waals surface area contributed by atoms with E-state index in [0.29, 0.717) is 5.92 Å². The maximum absolute atomic E-state index is 9.06. The first kappa shape index (κ1) is 13.4. The lowest BCUT2D eigenvalue weighted by molar-refractivity contribution is 0.263. The van der Waals surface area contributed by atoms with Gasteiger partial charge in [-0.2, -0.15) is 0 Å². The number of pyridine rings is 1. The first-order valence-corrected chi connectivity index (χ1v) is 7.42. The number of amidine groups is 1. The number of anilines is 1. The number of aliphatic hydroxyl groups excluding tert-OH is 1. The summed E-state index contributed by atoms with van der Waals surface area (Å²) in [5.74, 6) is 1.50. The monoisotopic (exact) mass is 274 g/mol. The van der Waals surface area contributed by atoms with Crippen LogP contribution < -0.4 is 10.6 Å². The Morgan fingerprint density at radius 1 is 1.50 bits per heavy atom. The van der Waals surface area contributed by atoms with Gasteiger partial charge in [0.2, 0.25) is 0 Å². The first-order valence-electron chi connectivity index (χ1n) is 7.42. The minimum absolute atomic E-state index is 0.104. The summed E-state index contributed by atoms with van der Waals surface area (Å²) in [5, 5.41) is 16.9. The molecule has 2 aliphatic rings. The fourth-order valence-corrected chi connectivity index (χ4v) is 3.34. The number of nitrogens with one attached hydrogen (secondary N) is 1. The van der Waals surface area contributed by atoms with Crippen LogP contribution in [0.15, 0.2) is 6.07 Å². The van der Waals surface area contributed by atoms with Gasteiger partial charge in [-0.3, -0.25) is 5.41 Å². The van der Waals surface area contributed by atoms with E-state index in [1.165, 1.54) is 11.3 Å². The van der Waals surface area contributed by atoms with Crippen LogP contribution in [-0.2, 0) is 12.8 Å². The van der Waals surface area contributed by atoms with Crippen LogP contribution in [0.3, 0.4) is 0 Å². The van der Waals surface area contributed by atoms with Crippen LogP contribution in [0.25, 0.3) is 0 Å². The van der Waals surface area contributed by atoms with E-state index in [2.05, 4.69) is 11.0 Å². The quantitative estimate of drug-likeness (QED) is 0.566. The molecule has 20 heavy (non-hydrogen) atoms. The molecule has 1 aromatic rings. The van der Waals surface area contributed by atoms with Gasteiger partial charge in [0, 0.05) is 25.4 Å². The van der Waals surface area contributed by atoms with Crippen molar-refractivity contribution in [2.45, 2.75) is 32.1 Å². The van der Waals surface area contributed by atoms with Gasteiger partial charge in [-0.15, -0.1) is 0 Å². The predicted octanol–water partition coefficient (Wildman–Crippen LogP) is 1.06. The van der Waals surface area contributed by atoms with Crippen LogP contribution in [0.2, 0.25) is 0 Å².